The van der Waals surface area contributed by atoms with Gasteiger partial charge in [-0.25, -0.2) is 10.7 Å². The van der Waals surface area contributed by atoms with Crippen LogP contribution in [0.25, 0.3) is 10.9 Å². The number of nitrogens with zero attached hydrogens (tertiary/aromatic N) is 1. The smallest absolute Gasteiger partial charge is 0.207 e. The summed E-state index contributed by atoms with van der Waals surface area (Å²) in [4.78, 5) is 18.5. The number of fused-ring (bicyclic) bond motifs is 1. The second-order valence-electron chi connectivity index (χ2n) is 3.55. The third kappa shape index (κ3) is 1.85. The number of pyridine rings is 1. The number of aromatic nitrogens is 1. The van der Waals surface area contributed by atoms with Crippen molar-refractivity contribution in [2.24, 2.45) is 0 Å². The van der Waals surface area contributed by atoms with E-state index in [4.69, 9.17) is 10.5 Å². The first-order valence-electron chi connectivity index (χ1n) is 4.80. The minimum Gasteiger partial charge on any atom is -0.360 e. The molecule has 1 heterocycles. The summed E-state index contributed by atoms with van der Waals surface area (Å²) in [5, 5.41) is 17.4. The van der Waals surface area contributed by atoms with Crippen molar-refractivity contribution in [2.75, 3.05) is 5.48 Å². The number of anilines is 1. The third-order valence-electron chi connectivity index (χ3n) is 2.50. The molecule has 0 aliphatic rings. The van der Waals surface area contributed by atoms with Crippen LogP contribution in [-0.4, -0.2) is 10.2 Å². The molecule has 0 aliphatic heterocycles. The van der Waals surface area contributed by atoms with E-state index in [9.17, 15) is 4.79 Å². The second-order valence-corrected chi connectivity index (χ2v) is 3.55. The fraction of sp³-hybridized carbons (Fsp3) is 0.0909. The minimum atomic E-state index is -0.359. The fourth-order valence-corrected chi connectivity index (χ4v) is 1.62. The van der Waals surface area contributed by atoms with E-state index in [0.29, 0.717) is 16.6 Å². The zero-order valence-electron chi connectivity index (χ0n) is 8.94. The molecule has 6 heteroatoms. The van der Waals surface area contributed by atoms with Crippen molar-refractivity contribution in [3.05, 3.63) is 39.7 Å². The molecule has 1 aromatic heterocycles. The van der Waals surface area contributed by atoms with E-state index in [0.717, 1.165) is 5.56 Å². The number of aryl methyl sites for hydroxylation is 1. The zero-order valence-corrected chi connectivity index (χ0v) is 8.94. The highest BCUT2D eigenvalue weighted by Crippen LogP contribution is 2.20. The highest BCUT2D eigenvalue weighted by Gasteiger charge is 2.07. The molecule has 0 fully saturated rings. The molecule has 0 saturated heterocycles. The average molecular weight is 231 g/mol. The molecule has 0 amide bonds. The SMILES string of the molecule is Cc1cc2[nH]cc(C#N)c(=O)c2cc1NOO. The maximum absolute atomic E-state index is 11.9. The lowest BCUT2D eigenvalue weighted by atomic mass is 10.1. The van der Waals surface area contributed by atoms with E-state index >= 15 is 0 Å². The first-order chi connectivity index (χ1) is 8.17. The van der Waals surface area contributed by atoms with Crippen molar-refractivity contribution in [3.63, 3.8) is 0 Å². The molecule has 1 aromatic carbocycles. The van der Waals surface area contributed by atoms with Gasteiger partial charge >= 0.3 is 0 Å². The van der Waals surface area contributed by atoms with Crippen LogP contribution in [0.15, 0.2) is 23.1 Å². The normalized spacial score (nSPS) is 10.2. The number of H-pyrrole nitrogens is 1. The predicted molar refractivity (Wildman–Crippen MR) is 61.4 cm³/mol. The fourth-order valence-electron chi connectivity index (χ4n) is 1.62. The van der Waals surface area contributed by atoms with Gasteiger partial charge < -0.3 is 4.98 Å². The molecule has 3 N–H and O–H groups in total. The number of rotatable bonds is 2. The quantitative estimate of drug-likeness (QED) is 0.537. The molecule has 6 nitrogen and oxygen atoms in total. The van der Waals surface area contributed by atoms with Crippen LogP contribution in [0.3, 0.4) is 0 Å². The van der Waals surface area contributed by atoms with Crippen LogP contribution in [0.4, 0.5) is 5.69 Å². The lowest BCUT2D eigenvalue weighted by Crippen LogP contribution is -2.08. The molecule has 86 valence electrons. The second kappa shape index (κ2) is 4.25. The Morgan fingerprint density at radius 3 is 2.94 bits per heavy atom. The van der Waals surface area contributed by atoms with Crippen molar-refractivity contribution in [2.45, 2.75) is 6.92 Å². The Bertz CT molecular complexity index is 670. The first-order valence-corrected chi connectivity index (χ1v) is 4.80. The minimum absolute atomic E-state index is 0.0391. The van der Waals surface area contributed by atoms with Gasteiger partial charge in [0, 0.05) is 17.1 Å². The van der Waals surface area contributed by atoms with Gasteiger partial charge in [0.25, 0.3) is 0 Å². The Hall–Kier alpha value is -2.36. The van der Waals surface area contributed by atoms with Gasteiger partial charge in [-0.2, -0.15) is 5.26 Å². The van der Waals surface area contributed by atoms with Gasteiger partial charge in [0.1, 0.15) is 11.6 Å². The summed E-state index contributed by atoms with van der Waals surface area (Å²) in [5.41, 5.74) is 3.80. The Kier molecular flexibility index (Phi) is 2.78. The average Bonchev–Trinajstić information content (AvgIpc) is 2.32. The molecule has 0 spiro atoms. The number of nitrogens with one attached hydrogen (secondary N) is 2. The topological polar surface area (TPSA) is 98.1 Å². The maximum atomic E-state index is 11.9. The summed E-state index contributed by atoms with van der Waals surface area (Å²) < 4.78 is 0. The number of aromatic amines is 1. The van der Waals surface area contributed by atoms with Crippen molar-refractivity contribution in [1.29, 1.82) is 5.26 Å². The van der Waals surface area contributed by atoms with Crippen LogP contribution in [0.2, 0.25) is 0 Å². The highest BCUT2D eigenvalue weighted by atomic mass is 17.2. The molecule has 0 saturated carbocycles. The van der Waals surface area contributed by atoms with E-state index < -0.39 is 0 Å². The van der Waals surface area contributed by atoms with Crippen LogP contribution in [-0.2, 0) is 4.99 Å². The number of hydrogen-bond acceptors (Lipinski definition) is 5. The lowest BCUT2D eigenvalue weighted by Gasteiger charge is -2.07. The summed E-state index contributed by atoms with van der Waals surface area (Å²) in [6, 6.07) is 5.04. The van der Waals surface area contributed by atoms with Gasteiger partial charge in [-0.15, -0.1) is 4.99 Å². The van der Waals surface area contributed by atoms with E-state index in [1.807, 2.05) is 6.07 Å². The van der Waals surface area contributed by atoms with E-state index in [2.05, 4.69) is 15.5 Å². The third-order valence-corrected chi connectivity index (χ3v) is 2.50. The van der Waals surface area contributed by atoms with Crippen molar-refractivity contribution in [1.82, 2.24) is 4.98 Å². The molecule has 0 radical (unpaired) electrons. The van der Waals surface area contributed by atoms with Crippen molar-refractivity contribution < 1.29 is 10.2 Å². The van der Waals surface area contributed by atoms with Crippen molar-refractivity contribution in [3.8, 4) is 6.07 Å². The molecular weight excluding hydrogens is 222 g/mol. The molecular formula is C11H9N3O3. The predicted octanol–water partition coefficient (Wildman–Crippen LogP) is 1.52. The van der Waals surface area contributed by atoms with Gasteiger partial charge in [-0.1, -0.05) is 0 Å². The Morgan fingerprint density at radius 1 is 1.53 bits per heavy atom. The molecule has 0 bridgehead atoms. The Labute approximate surface area is 96.0 Å². The number of nitriles is 1. The lowest BCUT2D eigenvalue weighted by molar-refractivity contribution is -0.215. The van der Waals surface area contributed by atoms with E-state index in [1.54, 1.807) is 13.0 Å². The summed E-state index contributed by atoms with van der Waals surface area (Å²) in [7, 11) is 0. The van der Waals surface area contributed by atoms with Crippen molar-refractivity contribution >= 4 is 16.6 Å². The van der Waals surface area contributed by atoms with Gasteiger partial charge in [0.2, 0.25) is 5.43 Å². The summed E-state index contributed by atoms with van der Waals surface area (Å²) >= 11 is 0. The molecule has 2 aromatic rings. The standard InChI is InChI=1S/C11H9N3O3/c1-6-2-10-8(3-9(6)14-17-16)11(15)7(4-12)5-13-10/h2-3,5,14,16H,1H3,(H,13,15). The van der Waals surface area contributed by atoms with Gasteiger partial charge in [0.15, 0.2) is 0 Å². The zero-order chi connectivity index (χ0) is 12.4. The number of benzene rings is 1. The highest BCUT2D eigenvalue weighted by molar-refractivity contribution is 5.84. The summed E-state index contributed by atoms with van der Waals surface area (Å²) in [6.07, 6.45) is 1.37. The summed E-state index contributed by atoms with van der Waals surface area (Å²) in [6.45, 7) is 1.79. The van der Waals surface area contributed by atoms with Crippen LogP contribution >= 0.6 is 0 Å². The molecule has 0 atom stereocenters. The Balaban J connectivity index is 2.78. The number of hydrogen-bond donors (Lipinski definition) is 3. The van der Waals surface area contributed by atoms with Gasteiger partial charge in [-0.3, -0.25) is 4.79 Å². The molecule has 2 rings (SSSR count). The largest absolute Gasteiger partial charge is 0.360 e. The molecule has 0 unspecified atom stereocenters. The molecule has 17 heavy (non-hydrogen) atoms. The van der Waals surface area contributed by atoms with Crippen LogP contribution in [0.1, 0.15) is 11.1 Å². The van der Waals surface area contributed by atoms with Gasteiger partial charge in [-0.05, 0) is 24.6 Å². The Morgan fingerprint density at radius 2 is 2.29 bits per heavy atom. The van der Waals surface area contributed by atoms with Crippen LogP contribution < -0.4 is 10.9 Å². The summed E-state index contributed by atoms with van der Waals surface area (Å²) in [5.74, 6) is 0. The monoisotopic (exact) mass is 231 g/mol. The molecule has 0 aliphatic carbocycles. The van der Waals surface area contributed by atoms with Crippen LogP contribution in [0.5, 0.6) is 0 Å². The van der Waals surface area contributed by atoms with E-state index in [-0.39, 0.29) is 11.0 Å². The maximum Gasteiger partial charge on any atom is 0.207 e. The van der Waals surface area contributed by atoms with E-state index in [1.165, 1.54) is 12.3 Å². The van der Waals surface area contributed by atoms with Gasteiger partial charge in [0.05, 0.1) is 5.69 Å². The van der Waals surface area contributed by atoms with Crippen LogP contribution in [0, 0.1) is 18.3 Å². The first kappa shape index (κ1) is 11.1.